The van der Waals surface area contributed by atoms with Crippen LogP contribution in [0.3, 0.4) is 0 Å². The number of hydrogen-bond acceptors (Lipinski definition) is 7. The summed E-state index contributed by atoms with van der Waals surface area (Å²) in [7, 11) is 1.62. The molecule has 1 fully saturated rings. The van der Waals surface area contributed by atoms with Crippen LogP contribution < -0.4 is 4.74 Å². The molecule has 8 nitrogen and oxygen atoms in total. The molecule has 3 rings (SSSR count). The zero-order chi connectivity index (χ0) is 20.8. The van der Waals surface area contributed by atoms with E-state index in [1.54, 1.807) is 17.4 Å². The van der Waals surface area contributed by atoms with E-state index in [-0.39, 0.29) is 30.2 Å². The van der Waals surface area contributed by atoms with Gasteiger partial charge in [-0.05, 0) is 35.1 Å². The number of nitrogens with zero attached hydrogens (tertiary/aromatic N) is 4. The van der Waals surface area contributed by atoms with Crippen molar-refractivity contribution >= 4 is 23.3 Å². The predicted octanol–water partition coefficient (Wildman–Crippen LogP) is 2.07. The van der Waals surface area contributed by atoms with Crippen molar-refractivity contribution in [1.29, 1.82) is 0 Å². The first kappa shape index (κ1) is 21.2. The molecule has 0 saturated carbocycles. The van der Waals surface area contributed by atoms with Gasteiger partial charge in [0, 0.05) is 25.0 Å². The first-order valence-electron chi connectivity index (χ1n) is 9.55. The average Bonchev–Trinajstić information content (AvgIpc) is 3.19. The molecule has 0 N–H and O–H groups in total. The van der Waals surface area contributed by atoms with Crippen molar-refractivity contribution in [3.8, 4) is 5.75 Å². The van der Waals surface area contributed by atoms with Gasteiger partial charge in [-0.25, -0.2) is 0 Å². The lowest BCUT2D eigenvalue weighted by molar-refractivity contribution is -0.132. The van der Waals surface area contributed by atoms with Crippen LogP contribution in [-0.2, 0) is 16.1 Å². The van der Waals surface area contributed by atoms with Gasteiger partial charge < -0.3 is 19.3 Å². The van der Waals surface area contributed by atoms with E-state index in [4.69, 9.17) is 9.47 Å². The molecule has 0 spiro atoms. The third-order valence-corrected chi connectivity index (χ3v) is 5.10. The van der Waals surface area contributed by atoms with Gasteiger partial charge in [-0.15, -0.1) is 5.10 Å². The highest BCUT2D eigenvalue weighted by Crippen LogP contribution is 2.17. The topological polar surface area (TPSA) is 84.9 Å². The van der Waals surface area contributed by atoms with Crippen LogP contribution in [0, 0.1) is 5.92 Å². The van der Waals surface area contributed by atoms with Gasteiger partial charge in [-0.3, -0.25) is 9.59 Å². The summed E-state index contributed by atoms with van der Waals surface area (Å²) in [5, 5.41) is 5.44. The standard InChI is InChI=1S/C20H26N4O4S/c1-14(2)8-23-9-17(28-12-15-5-4-6-16(7-15)27-3)10-24(11-19(23)25)20(26)18-13-29-22-21-18/h4-7,13-14,17H,8-12H2,1-3H3/t17-/m1/s1. The monoisotopic (exact) mass is 418 g/mol. The summed E-state index contributed by atoms with van der Waals surface area (Å²) in [5.41, 5.74) is 1.23. The summed E-state index contributed by atoms with van der Waals surface area (Å²) in [5.74, 6) is 0.704. The van der Waals surface area contributed by atoms with Crippen LogP contribution >= 0.6 is 11.5 Å². The maximum absolute atomic E-state index is 12.8. The van der Waals surface area contributed by atoms with Gasteiger partial charge in [-0.1, -0.05) is 30.5 Å². The second kappa shape index (κ2) is 9.80. The first-order chi connectivity index (χ1) is 14.0. The number of ether oxygens (including phenoxy) is 2. The van der Waals surface area contributed by atoms with Gasteiger partial charge in [-0.2, -0.15) is 0 Å². The van der Waals surface area contributed by atoms with E-state index in [0.717, 1.165) is 22.8 Å². The molecule has 1 aliphatic rings. The summed E-state index contributed by atoms with van der Waals surface area (Å²) in [6.07, 6.45) is -0.304. The van der Waals surface area contributed by atoms with Crippen LogP contribution in [0.1, 0.15) is 29.9 Å². The molecule has 29 heavy (non-hydrogen) atoms. The Morgan fingerprint density at radius 2 is 2.17 bits per heavy atom. The second-order valence-electron chi connectivity index (χ2n) is 7.45. The Morgan fingerprint density at radius 3 is 2.86 bits per heavy atom. The Kier molecular flexibility index (Phi) is 7.16. The Labute approximate surface area is 174 Å². The van der Waals surface area contributed by atoms with Crippen molar-refractivity contribution in [2.24, 2.45) is 5.92 Å². The van der Waals surface area contributed by atoms with Crippen molar-refractivity contribution in [3.63, 3.8) is 0 Å². The Bertz CT molecular complexity index is 828. The van der Waals surface area contributed by atoms with Gasteiger partial charge in [0.05, 0.1) is 19.8 Å². The van der Waals surface area contributed by atoms with Crippen LogP contribution in [-0.4, -0.2) is 70.6 Å². The van der Waals surface area contributed by atoms with Gasteiger partial charge in [0.15, 0.2) is 5.69 Å². The fourth-order valence-electron chi connectivity index (χ4n) is 3.25. The summed E-state index contributed by atoms with van der Waals surface area (Å²) >= 11 is 1.11. The zero-order valence-electron chi connectivity index (χ0n) is 16.9. The number of hydrogen-bond donors (Lipinski definition) is 0. The van der Waals surface area contributed by atoms with Crippen LogP contribution in [0.5, 0.6) is 5.75 Å². The third-order valence-electron chi connectivity index (χ3n) is 4.60. The predicted molar refractivity (Wildman–Crippen MR) is 109 cm³/mol. The molecule has 1 aliphatic heterocycles. The van der Waals surface area contributed by atoms with Crippen LogP contribution in [0.25, 0.3) is 0 Å². The molecule has 2 aromatic rings. The zero-order valence-corrected chi connectivity index (χ0v) is 17.7. The molecular weight excluding hydrogens is 392 g/mol. The maximum atomic E-state index is 12.8. The van der Waals surface area contributed by atoms with Gasteiger partial charge >= 0.3 is 0 Å². The molecule has 1 saturated heterocycles. The highest BCUT2D eigenvalue weighted by molar-refractivity contribution is 7.03. The third kappa shape index (κ3) is 5.74. The lowest BCUT2D eigenvalue weighted by Crippen LogP contribution is -2.40. The van der Waals surface area contributed by atoms with E-state index in [1.165, 1.54) is 4.90 Å². The van der Waals surface area contributed by atoms with E-state index in [1.807, 2.05) is 24.3 Å². The normalized spacial score (nSPS) is 17.5. The largest absolute Gasteiger partial charge is 0.497 e. The van der Waals surface area contributed by atoms with Crippen LogP contribution in [0.15, 0.2) is 29.6 Å². The van der Waals surface area contributed by atoms with Crippen molar-refractivity contribution in [1.82, 2.24) is 19.4 Å². The molecule has 0 bridgehead atoms. The fraction of sp³-hybridized carbons (Fsp3) is 0.500. The number of amides is 2. The van der Waals surface area contributed by atoms with Crippen molar-refractivity contribution in [2.75, 3.05) is 33.3 Å². The molecule has 0 radical (unpaired) electrons. The van der Waals surface area contributed by atoms with Gasteiger partial charge in [0.1, 0.15) is 12.3 Å². The Morgan fingerprint density at radius 1 is 1.34 bits per heavy atom. The highest BCUT2D eigenvalue weighted by Gasteiger charge is 2.32. The molecule has 0 unspecified atom stereocenters. The molecular formula is C20H26N4O4S. The van der Waals surface area contributed by atoms with E-state index in [0.29, 0.717) is 32.2 Å². The number of aromatic nitrogens is 2. The molecule has 1 aromatic heterocycles. The average molecular weight is 419 g/mol. The smallest absolute Gasteiger partial charge is 0.275 e. The molecule has 1 aromatic carbocycles. The first-order valence-corrected chi connectivity index (χ1v) is 10.4. The number of rotatable bonds is 7. The summed E-state index contributed by atoms with van der Waals surface area (Å²) in [4.78, 5) is 28.8. The molecule has 2 amide bonds. The van der Waals surface area contributed by atoms with E-state index >= 15 is 0 Å². The Hall–Kier alpha value is -2.52. The van der Waals surface area contributed by atoms with Crippen molar-refractivity contribution in [2.45, 2.75) is 26.6 Å². The lowest BCUT2D eigenvalue weighted by Gasteiger charge is -2.26. The highest BCUT2D eigenvalue weighted by atomic mass is 32.1. The van der Waals surface area contributed by atoms with E-state index < -0.39 is 0 Å². The lowest BCUT2D eigenvalue weighted by atomic mass is 10.2. The maximum Gasteiger partial charge on any atom is 0.275 e. The van der Waals surface area contributed by atoms with E-state index in [2.05, 4.69) is 23.4 Å². The minimum absolute atomic E-state index is 0.0160. The second-order valence-corrected chi connectivity index (χ2v) is 8.06. The van der Waals surface area contributed by atoms with E-state index in [9.17, 15) is 9.59 Å². The summed E-state index contributed by atoms with van der Waals surface area (Å²) in [6.45, 7) is 5.90. The Balaban J connectivity index is 1.74. The molecule has 156 valence electrons. The van der Waals surface area contributed by atoms with Crippen molar-refractivity contribution in [3.05, 3.63) is 40.9 Å². The number of methoxy groups -OCH3 is 1. The number of carbonyl (C=O) groups is 2. The molecule has 2 heterocycles. The SMILES string of the molecule is COc1cccc(CO[C@@H]2CN(CC(C)C)C(=O)CN(C(=O)c3csnn3)C2)c1. The fourth-order valence-corrected chi connectivity index (χ4v) is 3.68. The number of carbonyl (C=O) groups excluding carboxylic acids is 2. The van der Waals surface area contributed by atoms with Gasteiger partial charge in [0.25, 0.3) is 5.91 Å². The summed E-state index contributed by atoms with van der Waals surface area (Å²) < 4.78 is 15.1. The molecule has 0 aliphatic carbocycles. The van der Waals surface area contributed by atoms with Crippen molar-refractivity contribution < 1.29 is 19.1 Å². The summed E-state index contributed by atoms with van der Waals surface area (Å²) in [6, 6.07) is 7.66. The molecule has 1 atom stereocenters. The van der Waals surface area contributed by atoms with Crippen LogP contribution in [0.4, 0.5) is 0 Å². The molecule has 9 heteroatoms. The minimum Gasteiger partial charge on any atom is -0.497 e. The minimum atomic E-state index is -0.304. The number of benzene rings is 1. The quantitative estimate of drug-likeness (QED) is 0.684. The van der Waals surface area contributed by atoms with Gasteiger partial charge in [0.2, 0.25) is 5.91 Å². The van der Waals surface area contributed by atoms with Crippen LogP contribution in [0.2, 0.25) is 0 Å².